The SMILES string of the molecule is CC(O)(CN)CC(=O)OCCCc1ccccc1. The number of ether oxygens (including phenoxy) is 1. The highest BCUT2D eigenvalue weighted by Gasteiger charge is 2.23. The summed E-state index contributed by atoms with van der Waals surface area (Å²) in [7, 11) is 0. The quantitative estimate of drug-likeness (QED) is 0.565. The van der Waals surface area contributed by atoms with E-state index in [1.54, 1.807) is 0 Å². The second-order valence-corrected chi connectivity index (χ2v) is 4.69. The van der Waals surface area contributed by atoms with Gasteiger partial charge >= 0.3 is 5.97 Å². The molecule has 0 fully saturated rings. The summed E-state index contributed by atoms with van der Waals surface area (Å²) in [6.45, 7) is 1.94. The van der Waals surface area contributed by atoms with Crippen LogP contribution in [-0.2, 0) is 16.0 Å². The lowest BCUT2D eigenvalue weighted by molar-refractivity contribution is -0.148. The van der Waals surface area contributed by atoms with Crippen molar-refractivity contribution in [3.8, 4) is 0 Å². The minimum atomic E-state index is -1.17. The van der Waals surface area contributed by atoms with Gasteiger partial charge in [-0.2, -0.15) is 0 Å². The van der Waals surface area contributed by atoms with E-state index in [2.05, 4.69) is 0 Å². The Kier molecular flexibility index (Phi) is 5.82. The Morgan fingerprint density at radius 1 is 1.39 bits per heavy atom. The van der Waals surface area contributed by atoms with Crippen LogP contribution in [0, 0.1) is 0 Å². The van der Waals surface area contributed by atoms with Crippen molar-refractivity contribution >= 4 is 5.97 Å². The Balaban J connectivity index is 2.17. The lowest BCUT2D eigenvalue weighted by Crippen LogP contribution is -2.37. The van der Waals surface area contributed by atoms with Crippen LogP contribution in [0.3, 0.4) is 0 Å². The third-order valence-electron chi connectivity index (χ3n) is 2.68. The fourth-order valence-corrected chi connectivity index (χ4v) is 1.54. The normalized spacial score (nSPS) is 13.9. The lowest BCUT2D eigenvalue weighted by Gasteiger charge is -2.19. The first-order chi connectivity index (χ1) is 8.53. The number of benzene rings is 1. The largest absolute Gasteiger partial charge is 0.466 e. The smallest absolute Gasteiger partial charge is 0.308 e. The third kappa shape index (κ3) is 5.80. The zero-order valence-corrected chi connectivity index (χ0v) is 10.8. The average molecular weight is 251 g/mol. The van der Waals surface area contributed by atoms with Crippen molar-refractivity contribution in [3.63, 3.8) is 0 Å². The molecule has 0 aromatic heterocycles. The molecule has 1 aromatic rings. The molecule has 1 rings (SSSR count). The molecule has 1 unspecified atom stereocenters. The van der Waals surface area contributed by atoms with Gasteiger partial charge < -0.3 is 15.6 Å². The maximum atomic E-state index is 11.4. The molecule has 0 aliphatic heterocycles. The predicted octanol–water partition coefficient (Wildman–Crippen LogP) is 1.26. The van der Waals surface area contributed by atoms with Gasteiger partial charge in [0.25, 0.3) is 0 Å². The first-order valence-electron chi connectivity index (χ1n) is 6.15. The van der Waals surface area contributed by atoms with E-state index in [-0.39, 0.29) is 13.0 Å². The number of esters is 1. The summed E-state index contributed by atoms with van der Waals surface area (Å²) in [5.41, 5.74) is 5.38. The maximum absolute atomic E-state index is 11.4. The van der Waals surface area contributed by atoms with Gasteiger partial charge in [0.05, 0.1) is 18.6 Å². The monoisotopic (exact) mass is 251 g/mol. The summed E-state index contributed by atoms with van der Waals surface area (Å²) < 4.78 is 5.05. The summed E-state index contributed by atoms with van der Waals surface area (Å²) >= 11 is 0. The highest BCUT2D eigenvalue weighted by atomic mass is 16.5. The summed E-state index contributed by atoms with van der Waals surface area (Å²) in [5, 5.41) is 9.60. The molecule has 0 saturated carbocycles. The van der Waals surface area contributed by atoms with Crippen molar-refractivity contribution < 1.29 is 14.6 Å². The fraction of sp³-hybridized carbons (Fsp3) is 0.500. The van der Waals surface area contributed by atoms with Gasteiger partial charge in [0.1, 0.15) is 0 Å². The second-order valence-electron chi connectivity index (χ2n) is 4.69. The number of carbonyl (C=O) groups is 1. The van der Waals surface area contributed by atoms with Gasteiger partial charge in [-0.1, -0.05) is 30.3 Å². The molecule has 18 heavy (non-hydrogen) atoms. The standard InChI is InChI=1S/C14H21NO3/c1-14(17,11-15)10-13(16)18-9-5-8-12-6-3-2-4-7-12/h2-4,6-7,17H,5,8-11,15H2,1H3. The molecule has 1 atom stereocenters. The number of aryl methyl sites for hydroxylation is 1. The van der Waals surface area contributed by atoms with Gasteiger partial charge in [0.15, 0.2) is 0 Å². The molecule has 4 heteroatoms. The summed E-state index contributed by atoms with van der Waals surface area (Å²) in [4.78, 5) is 11.4. The van der Waals surface area contributed by atoms with Crippen molar-refractivity contribution in [2.75, 3.05) is 13.2 Å². The molecule has 0 aliphatic rings. The number of rotatable bonds is 7. The Labute approximate surface area is 108 Å². The Morgan fingerprint density at radius 2 is 2.06 bits per heavy atom. The minimum absolute atomic E-state index is 0.0477. The molecule has 0 bridgehead atoms. The molecule has 0 heterocycles. The van der Waals surface area contributed by atoms with E-state index in [9.17, 15) is 9.90 Å². The van der Waals surface area contributed by atoms with Crippen LogP contribution in [0.4, 0.5) is 0 Å². The summed E-state index contributed by atoms with van der Waals surface area (Å²) in [6, 6.07) is 10.0. The molecule has 0 saturated heterocycles. The maximum Gasteiger partial charge on any atom is 0.308 e. The van der Waals surface area contributed by atoms with Gasteiger partial charge in [-0.05, 0) is 25.3 Å². The third-order valence-corrected chi connectivity index (χ3v) is 2.68. The van der Waals surface area contributed by atoms with Crippen LogP contribution in [-0.4, -0.2) is 29.8 Å². The molecule has 0 spiro atoms. The highest BCUT2D eigenvalue weighted by molar-refractivity contribution is 5.70. The van der Waals surface area contributed by atoms with Crippen LogP contribution in [0.5, 0.6) is 0 Å². The molecule has 3 N–H and O–H groups in total. The molecule has 4 nitrogen and oxygen atoms in total. The molecule has 0 amide bonds. The van der Waals surface area contributed by atoms with E-state index in [0.29, 0.717) is 6.61 Å². The van der Waals surface area contributed by atoms with Gasteiger partial charge in [-0.3, -0.25) is 4.79 Å². The summed E-state index contributed by atoms with van der Waals surface area (Å²) in [5.74, 6) is -0.404. The number of carbonyl (C=O) groups excluding carboxylic acids is 1. The van der Waals surface area contributed by atoms with Crippen LogP contribution >= 0.6 is 0 Å². The van der Waals surface area contributed by atoms with Crippen LogP contribution in [0.15, 0.2) is 30.3 Å². The Hall–Kier alpha value is -1.39. The first kappa shape index (κ1) is 14.7. The van der Waals surface area contributed by atoms with Crippen LogP contribution in [0.2, 0.25) is 0 Å². The van der Waals surface area contributed by atoms with Gasteiger partial charge in [0, 0.05) is 6.54 Å². The second kappa shape index (κ2) is 7.13. The molecule has 1 aromatic carbocycles. The van der Waals surface area contributed by atoms with Gasteiger partial charge in [0.2, 0.25) is 0 Å². The average Bonchev–Trinajstić information content (AvgIpc) is 2.35. The zero-order chi connectivity index (χ0) is 13.4. The number of hydrogen-bond acceptors (Lipinski definition) is 4. The number of aliphatic hydroxyl groups is 1. The first-order valence-corrected chi connectivity index (χ1v) is 6.15. The van der Waals surface area contributed by atoms with E-state index >= 15 is 0 Å². The molecule has 100 valence electrons. The fourth-order valence-electron chi connectivity index (χ4n) is 1.54. The Morgan fingerprint density at radius 3 is 2.67 bits per heavy atom. The highest BCUT2D eigenvalue weighted by Crippen LogP contribution is 2.08. The Bertz CT molecular complexity index is 363. The van der Waals surface area contributed by atoms with Crippen molar-refractivity contribution in [1.82, 2.24) is 0 Å². The molecular formula is C14H21NO3. The zero-order valence-electron chi connectivity index (χ0n) is 10.8. The minimum Gasteiger partial charge on any atom is -0.466 e. The molecular weight excluding hydrogens is 230 g/mol. The topological polar surface area (TPSA) is 72.5 Å². The van der Waals surface area contributed by atoms with E-state index in [4.69, 9.17) is 10.5 Å². The van der Waals surface area contributed by atoms with Gasteiger partial charge in [-0.25, -0.2) is 0 Å². The molecule has 0 aliphatic carbocycles. The van der Waals surface area contributed by atoms with Crippen molar-refractivity contribution in [2.24, 2.45) is 5.73 Å². The lowest BCUT2D eigenvalue weighted by atomic mass is 10.0. The number of hydrogen-bond donors (Lipinski definition) is 2. The van der Waals surface area contributed by atoms with Crippen LogP contribution < -0.4 is 5.73 Å². The van der Waals surface area contributed by atoms with Crippen molar-refractivity contribution in [2.45, 2.75) is 31.8 Å². The van der Waals surface area contributed by atoms with Crippen LogP contribution in [0.25, 0.3) is 0 Å². The predicted molar refractivity (Wildman–Crippen MR) is 70.0 cm³/mol. The van der Waals surface area contributed by atoms with E-state index in [0.717, 1.165) is 12.8 Å². The number of nitrogens with two attached hydrogens (primary N) is 1. The van der Waals surface area contributed by atoms with E-state index in [1.165, 1.54) is 12.5 Å². The summed E-state index contributed by atoms with van der Waals surface area (Å²) in [6.07, 6.45) is 1.59. The van der Waals surface area contributed by atoms with E-state index < -0.39 is 11.6 Å². The molecule has 0 radical (unpaired) electrons. The van der Waals surface area contributed by atoms with Crippen molar-refractivity contribution in [3.05, 3.63) is 35.9 Å². The van der Waals surface area contributed by atoms with E-state index in [1.807, 2.05) is 30.3 Å². The van der Waals surface area contributed by atoms with Crippen LogP contribution in [0.1, 0.15) is 25.3 Å². The van der Waals surface area contributed by atoms with Crippen molar-refractivity contribution in [1.29, 1.82) is 0 Å². The van der Waals surface area contributed by atoms with Gasteiger partial charge in [-0.15, -0.1) is 0 Å².